The van der Waals surface area contributed by atoms with Gasteiger partial charge in [0, 0.05) is 18.2 Å². The SMILES string of the molecule is O=C(NCCS(=O)(=O)c1ccc(Cl)cc1)C1CCCO1. The largest absolute Gasteiger partial charge is 0.368 e. The van der Waals surface area contributed by atoms with Crippen molar-refractivity contribution < 1.29 is 17.9 Å². The Hall–Kier alpha value is -1.11. The summed E-state index contributed by atoms with van der Waals surface area (Å²) in [4.78, 5) is 11.9. The zero-order chi connectivity index (χ0) is 14.6. The van der Waals surface area contributed by atoms with Gasteiger partial charge >= 0.3 is 0 Å². The lowest BCUT2D eigenvalue weighted by Crippen LogP contribution is -2.36. The van der Waals surface area contributed by atoms with Crippen LogP contribution in [-0.2, 0) is 19.4 Å². The molecule has 0 radical (unpaired) electrons. The molecule has 0 spiro atoms. The standard InChI is InChI=1S/C13H16ClNO4S/c14-10-3-5-11(6-4-10)20(17,18)9-7-15-13(16)12-2-1-8-19-12/h3-6,12H,1-2,7-9H2,(H,15,16). The van der Waals surface area contributed by atoms with E-state index in [9.17, 15) is 13.2 Å². The van der Waals surface area contributed by atoms with Crippen molar-refractivity contribution in [1.29, 1.82) is 0 Å². The van der Waals surface area contributed by atoms with Crippen molar-refractivity contribution in [2.75, 3.05) is 18.9 Å². The molecule has 1 amide bonds. The number of ether oxygens (including phenoxy) is 1. The zero-order valence-corrected chi connectivity index (χ0v) is 12.4. The van der Waals surface area contributed by atoms with Gasteiger partial charge in [0.1, 0.15) is 6.10 Å². The van der Waals surface area contributed by atoms with Crippen molar-refractivity contribution in [1.82, 2.24) is 5.32 Å². The number of carbonyl (C=O) groups is 1. The van der Waals surface area contributed by atoms with Gasteiger partial charge in [-0.1, -0.05) is 11.6 Å². The second kappa shape index (κ2) is 6.56. The first kappa shape index (κ1) is 15.3. The third-order valence-electron chi connectivity index (χ3n) is 3.06. The molecule has 1 unspecified atom stereocenters. The first-order chi connectivity index (χ1) is 9.49. The highest BCUT2D eigenvalue weighted by molar-refractivity contribution is 7.91. The zero-order valence-electron chi connectivity index (χ0n) is 10.8. The molecule has 1 heterocycles. The number of halogens is 1. The second-order valence-electron chi connectivity index (χ2n) is 4.57. The third kappa shape index (κ3) is 3.94. The predicted molar refractivity (Wildman–Crippen MR) is 75.5 cm³/mol. The predicted octanol–water partition coefficient (Wildman–Crippen LogP) is 1.41. The molecule has 1 N–H and O–H groups in total. The summed E-state index contributed by atoms with van der Waals surface area (Å²) in [7, 11) is -3.41. The Labute approximate surface area is 123 Å². The van der Waals surface area contributed by atoms with Gasteiger partial charge in [0.25, 0.3) is 0 Å². The van der Waals surface area contributed by atoms with Gasteiger partial charge in [-0.2, -0.15) is 0 Å². The summed E-state index contributed by atoms with van der Waals surface area (Å²) >= 11 is 5.71. The first-order valence-electron chi connectivity index (χ1n) is 6.37. The summed E-state index contributed by atoms with van der Waals surface area (Å²) < 4.78 is 29.3. The quantitative estimate of drug-likeness (QED) is 0.891. The molecule has 1 atom stereocenters. The molecule has 1 fully saturated rings. The normalized spacial score (nSPS) is 18.9. The second-order valence-corrected chi connectivity index (χ2v) is 7.11. The number of hydrogen-bond acceptors (Lipinski definition) is 4. The van der Waals surface area contributed by atoms with E-state index in [1.54, 1.807) is 0 Å². The average molecular weight is 318 g/mol. The lowest BCUT2D eigenvalue weighted by Gasteiger charge is -2.10. The molecular weight excluding hydrogens is 302 g/mol. The van der Waals surface area contributed by atoms with E-state index in [4.69, 9.17) is 16.3 Å². The Morgan fingerprint density at radius 3 is 2.65 bits per heavy atom. The maximum Gasteiger partial charge on any atom is 0.249 e. The molecule has 0 bridgehead atoms. The van der Waals surface area contributed by atoms with Crippen molar-refractivity contribution in [3.63, 3.8) is 0 Å². The highest BCUT2D eigenvalue weighted by atomic mass is 35.5. The molecule has 1 saturated heterocycles. The van der Waals surface area contributed by atoms with Gasteiger partial charge in [-0.25, -0.2) is 8.42 Å². The molecule has 1 aromatic rings. The van der Waals surface area contributed by atoms with Crippen LogP contribution in [0, 0.1) is 0 Å². The number of nitrogens with one attached hydrogen (secondary N) is 1. The van der Waals surface area contributed by atoms with E-state index < -0.39 is 15.9 Å². The Morgan fingerprint density at radius 2 is 2.05 bits per heavy atom. The Morgan fingerprint density at radius 1 is 1.35 bits per heavy atom. The number of rotatable bonds is 5. The Bertz CT molecular complexity index is 565. The fourth-order valence-electron chi connectivity index (χ4n) is 1.97. The minimum atomic E-state index is -3.41. The Kier molecular flexibility index (Phi) is 5.01. The maximum absolute atomic E-state index is 12.0. The molecule has 0 saturated carbocycles. The maximum atomic E-state index is 12.0. The topological polar surface area (TPSA) is 72.5 Å². The van der Waals surface area contributed by atoms with Crippen molar-refractivity contribution >= 4 is 27.3 Å². The van der Waals surface area contributed by atoms with Crippen molar-refractivity contribution in [2.45, 2.75) is 23.8 Å². The van der Waals surface area contributed by atoms with Gasteiger partial charge in [-0.3, -0.25) is 4.79 Å². The van der Waals surface area contributed by atoms with Crippen LogP contribution >= 0.6 is 11.6 Å². The van der Waals surface area contributed by atoms with Crippen LogP contribution in [0.1, 0.15) is 12.8 Å². The molecular formula is C13H16ClNO4S. The third-order valence-corrected chi connectivity index (χ3v) is 5.05. The van der Waals surface area contributed by atoms with Crippen LogP contribution < -0.4 is 5.32 Å². The summed E-state index contributed by atoms with van der Waals surface area (Å²) in [6, 6.07) is 5.97. The number of carbonyl (C=O) groups excluding carboxylic acids is 1. The first-order valence-corrected chi connectivity index (χ1v) is 8.40. The fourth-order valence-corrected chi connectivity index (χ4v) is 3.25. The van der Waals surface area contributed by atoms with Gasteiger partial charge in [-0.15, -0.1) is 0 Å². The minimum absolute atomic E-state index is 0.0731. The lowest BCUT2D eigenvalue weighted by atomic mass is 10.2. The smallest absolute Gasteiger partial charge is 0.249 e. The van der Waals surface area contributed by atoms with Crippen molar-refractivity contribution in [2.24, 2.45) is 0 Å². The van der Waals surface area contributed by atoms with Crippen LogP contribution in [0.2, 0.25) is 5.02 Å². The van der Waals surface area contributed by atoms with Gasteiger partial charge in [0.15, 0.2) is 9.84 Å². The monoisotopic (exact) mass is 317 g/mol. The van der Waals surface area contributed by atoms with Crippen LogP contribution in [0.4, 0.5) is 0 Å². The van der Waals surface area contributed by atoms with Crippen LogP contribution in [-0.4, -0.2) is 39.3 Å². The average Bonchev–Trinajstić information content (AvgIpc) is 2.93. The number of amides is 1. The van der Waals surface area contributed by atoms with E-state index >= 15 is 0 Å². The van der Waals surface area contributed by atoms with Gasteiger partial charge in [-0.05, 0) is 37.1 Å². The van der Waals surface area contributed by atoms with Gasteiger partial charge in [0.05, 0.1) is 10.6 Å². The lowest BCUT2D eigenvalue weighted by molar-refractivity contribution is -0.129. The number of hydrogen-bond donors (Lipinski definition) is 1. The Balaban J connectivity index is 1.86. The van der Waals surface area contributed by atoms with Gasteiger partial charge in [0.2, 0.25) is 5.91 Å². The van der Waals surface area contributed by atoms with E-state index in [0.29, 0.717) is 18.1 Å². The molecule has 0 aliphatic carbocycles. The van der Waals surface area contributed by atoms with Crippen LogP contribution in [0.15, 0.2) is 29.2 Å². The molecule has 1 aliphatic rings. The molecule has 0 aromatic heterocycles. The molecule has 110 valence electrons. The fraction of sp³-hybridized carbons (Fsp3) is 0.462. The summed E-state index contributed by atoms with van der Waals surface area (Å²) in [5.41, 5.74) is 0. The summed E-state index contributed by atoms with van der Waals surface area (Å²) in [5, 5.41) is 3.07. The molecule has 1 aliphatic heterocycles. The molecule has 5 nitrogen and oxygen atoms in total. The van der Waals surface area contributed by atoms with E-state index in [0.717, 1.165) is 6.42 Å². The van der Waals surface area contributed by atoms with Crippen LogP contribution in [0.5, 0.6) is 0 Å². The molecule has 20 heavy (non-hydrogen) atoms. The summed E-state index contributed by atoms with van der Waals surface area (Å²) in [5.74, 6) is -0.388. The highest BCUT2D eigenvalue weighted by Gasteiger charge is 2.23. The van der Waals surface area contributed by atoms with Crippen molar-refractivity contribution in [3.8, 4) is 0 Å². The van der Waals surface area contributed by atoms with E-state index in [1.807, 2.05) is 0 Å². The number of sulfone groups is 1. The van der Waals surface area contributed by atoms with E-state index in [-0.39, 0.29) is 23.1 Å². The highest BCUT2D eigenvalue weighted by Crippen LogP contribution is 2.15. The van der Waals surface area contributed by atoms with Crippen molar-refractivity contribution in [3.05, 3.63) is 29.3 Å². The van der Waals surface area contributed by atoms with E-state index in [1.165, 1.54) is 24.3 Å². The molecule has 1 aromatic carbocycles. The molecule has 2 rings (SSSR count). The number of benzene rings is 1. The minimum Gasteiger partial charge on any atom is -0.368 e. The van der Waals surface area contributed by atoms with E-state index in [2.05, 4.69) is 5.32 Å². The van der Waals surface area contributed by atoms with Gasteiger partial charge < -0.3 is 10.1 Å². The molecule has 7 heteroatoms. The summed E-state index contributed by atoms with van der Waals surface area (Å²) in [6.07, 6.45) is 1.12. The summed E-state index contributed by atoms with van der Waals surface area (Å²) in [6.45, 7) is 0.658. The van der Waals surface area contributed by atoms with Crippen LogP contribution in [0.25, 0.3) is 0 Å². The van der Waals surface area contributed by atoms with Crippen LogP contribution in [0.3, 0.4) is 0 Å².